The van der Waals surface area contributed by atoms with Gasteiger partial charge in [-0.1, -0.05) is 17.2 Å². The van der Waals surface area contributed by atoms with Crippen LogP contribution in [0.5, 0.6) is 0 Å². The minimum absolute atomic E-state index is 0.0271. The highest BCUT2D eigenvalue weighted by Gasteiger charge is 2.68. The molecule has 1 aromatic rings. The van der Waals surface area contributed by atoms with Crippen LogP contribution in [-0.2, 0) is 27.2 Å². The molecule has 0 unspecified atom stereocenters. The van der Waals surface area contributed by atoms with Crippen molar-refractivity contribution in [2.45, 2.75) is 53.0 Å². The van der Waals surface area contributed by atoms with Crippen LogP contribution >= 0.6 is 15.2 Å². The molecule has 0 atom stereocenters. The van der Waals surface area contributed by atoms with Gasteiger partial charge in [0, 0.05) is 12.0 Å². The van der Waals surface area contributed by atoms with Crippen molar-refractivity contribution in [3.63, 3.8) is 0 Å². The van der Waals surface area contributed by atoms with E-state index in [1.807, 2.05) is 19.9 Å². The maximum atomic E-state index is 13.9. The Morgan fingerprint density at radius 1 is 0.903 bits per heavy atom. The third kappa shape index (κ3) is 5.03. The number of ketones is 1. The van der Waals surface area contributed by atoms with E-state index >= 15 is 0 Å². The molecular weight excluding hydrogens is 442 g/mol. The van der Waals surface area contributed by atoms with Crippen molar-refractivity contribution in [3.8, 4) is 0 Å². The van der Waals surface area contributed by atoms with Crippen LogP contribution in [0.2, 0.25) is 0 Å². The molecule has 0 spiro atoms. The molecule has 0 aliphatic carbocycles. The summed E-state index contributed by atoms with van der Waals surface area (Å²) >= 11 is 0. The molecule has 1 aromatic carbocycles. The molecule has 1 N–H and O–H groups in total. The Morgan fingerprint density at radius 2 is 1.32 bits per heavy atom. The first-order chi connectivity index (χ1) is 14.6. The molecule has 0 radical (unpaired) electrons. The van der Waals surface area contributed by atoms with Gasteiger partial charge in [0.1, 0.15) is 5.71 Å². The molecule has 0 bridgehead atoms. The van der Waals surface area contributed by atoms with Gasteiger partial charge in [-0.3, -0.25) is 19.4 Å². The summed E-state index contributed by atoms with van der Waals surface area (Å²) in [6.45, 7) is 10.5. The molecule has 2 rings (SSSR count). The second kappa shape index (κ2) is 10.5. The first kappa shape index (κ1) is 25.9. The predicted molar refractivity (Wildman–Crippen MR) is 120 cm³/mol. The van der Waals surface area contributed by atoms with E-state index in [-0.39, 0.29) is 44.3 Å². The number of benzene rings is 1. The number of hydrogen-bond acceptors (Lipinski definition) is 9. The third-order valence-corrected chi connectivity index (χ3v) is 10.8. The van der Waals surface area contributed by atoms with Gasteiger partial charge in [-0.05, 0) is 53.7 Å². The molecule has 1 aliphatic rings. The first-order valence-corrected chi connectivity index (χ1v) is 13.5. The fourth-order valence-electron chi connectivity index (χ4n) is 3.52. The monoisotopic (exact) mass is 474 g/mol. The van der Waals surface area contributed by atoms with Crippen LogP contribution < -0.4 is 5.43 Å². The molecule has 31 heavy (non-hydrogen) atoms. The van der Waals surface area contributed by atoms with E-state index in [9.17, 15) is 13.9 Å². The fraction of sp³-hybridized carbons (Fsp3) is 0.600. The van der Waals surface area contributed by atoms with E-state index in [0.29, 0.717) is 5.56 Å². The number of aryl methyl sites for hydroxylation is 2. The molecule has 9 nitrogen and oxygen atoms in total. The maximum absolute atomic E-state index is 13.9. The summed E-state index contributed by atoms with van der Waals surface area (Å²) in [6.07, 6.45) is -0.298. The average molecular weight is 474 g/mol. The smallest absolute Gasteiger partial charge is 0.307 e. The molecule has 1 heterocycles. The highest BCUT2D eigenvalue weighted by Crippen LogP contribution is 2.78. The first-order valence-electron chi connectivity index (χ1n) is 10.4. The van der Waals surface area contributed by atoms with Gasteiger partial charge in [0.2, 0.25) is 5.78 Å². The van der Waals surface area contributed by atoms with Gasteiger partial charge >= 0.3 is 15.2 Å². The summed E-state index contributed by atoms with van der Waals surface area (Å²) in [4.78, 5) is 13.2. The molecule has 0 saturated heterocycles. The molecule has 0 fully saturated rings. The summed E-state index contributed by atoms with van der Waals surface area (Å²) in [5.41, 5.74) is 4.98. The topological polar surface area (TPSA) is 113 Å². The molecule has 0 aromatic heterocycles. The number of carbonyl (C=O) groups excluding carboxylic acids is 1. The van der Waals surface area contributed by atoms with Crippen LogP contribution in [0.25, 0.3) is 0 Å². The lowest BCUT2D eigenvalue weighted by atomic mass is 10.0. The van der Waals surface area contributed by atoms with Crippen molar-refractivity contribution in [2.24, 2.45) is 5.10 Å². The van der Waals surface area contributed by atoms with E-state index in [0.717, 1.165) is 11.1 Å². The van der Waals surface area contributed by atoms with E-state index in [1.165, 1.54) is 0 Å². The zero-order valence-corrected chi connectivity index (χ0v) is 20.8. The van der Waals surface area contributed by atoms with E-state index in [4.69, 9.17) is 18.1 Å². The number of hydrazone groups is 1. The van der Waals surface area contributed by atoms with Gasteiger partial charge in [-0.15, -0.1) is 0 Å². The number of hydrogen-bond donors (Lipinski definition) is 1. The molecule has 11 heteroatoms. The zero-order chi connectivity index (χ0) is 23.3. The highest BCUT2D eigenvalue weighted by atomic mass is 31.2. The van der Waals surface area contributed by atoms with E-state index < -0.39 is 20.2 Å². The van der Waals surface area contributed by atoms with Gasteiger partial charge in [0.05, 0.1) is 26.4 Å². The Hall–Kier alpha value is -1.34. The molecular formula is C20H32N2O7P2. The second-order valence-corrected chi connectivity index (χ2v) is 11.9. The van der Waals surface area contributed by atoms with E-state index in [2.05, 4.69) is 10.5 Å². The standard InChI is InChI=1S/C20H32N2O7P2/c1-7-26-30(24,27-8-2)20(31(25,28-9-3)29-10-4)14-18(21-22-20)19(23)17-12-15(5)11-16(6)13-17/h11-13,22H,7-10,14H2,1-6H3. The Labute approximate surface area is 183 Å². The Morgan fingerprint density at radius 3 is 1.71 bits per heavy atom. The quantitative estimate of drug-likeness (QED) is 0.332. The van der Waals surface area contributed by atoms with Crippen LogP contribution in [-0.4, -0.2) is 42.9 Å². The normalized spacial score (nSPS) is 16.1. The molecule has 174 valence electrons. The highest BCUT2D eigenvalue weighted by molar-refractivity contribution is 7.74. The van der Waals surface area contributed by atoms with Gasteiger partial charge in [0.15, 0.2) is 0 Å². The summed E-state index contributed by atoms with van der Waals surface area (Å²) < 4.78 is 49.9. The van der Waals surface area contributed by atoms with Crippen LogP contribution in [0.1, 0.15) is 55.6 Å². The van der Waals surface area contributed by atoms with Crippen molar-refractivity contribution in [2.75, 3.05) is 26.4 Å². The molecule has 0 saturated carbocycles. The lowest BCUT2D eigenvalue weighted by Crippen LogP contribution is -2.42. The second-order valence-electron chi connectivity index (χ2n) is 7.04. The average Bonchev–Trinajstić information content (AvgIpc) is 3.15. The summed E-state index contributed by atoms with van der Waals surface area (Å²) in [6, 6.07) is 5.44. The van der Waals surface area contributed by atoms with Crippen LogP contribution in [0.15, 0.2) is 23.3 Å². The van der Waals surface area contributed by atoms with Crippen molar-refractivity contribution in [1.82, 2.24) is 5.43 Å². The Bertz CT molecular complexity index is 862. The summed E-state index contributed by atoms with van der Waals surface area (Å²) in [5, 5.41) is 2.17. The van der Waals surface area contributed by atoms with Gasteiger partial charge in [0.25, 0.3) is 5.02 Å². The van der Waals surface area contributed by atoms with Crippen molar-refractivity contribution < 1.29 is 32.0 Å². The van der Waals surface area contributed by atoms with Crippen LogP contribution in [0, 0.1) is 13.8 Å². The van der Waals surface area contributed by atoms with Gasteiger partial charge in [-0.2, -0.15) is 5.10 Å². The Kier molecular flexibility index (Phi) is 8.79. The SMILES string of the molecule is CCOP(=O)(OCC)C1(P(=O)(OCC)OCC)CC(C(=O)c2cc(C)cc(C)c2)=NN1. The molecule has 0 amide bonds. The van der Waals surface area contributed by atoms with E-state index in [1.54, 1.807) is 39.8 Å². The lowest BCUT2D eigenvalue weighted by molar-refractivity contribution is 0.106. The Balaban J connectivity index is 2.57. The number of nitrogens with one attached hydrogen (secondary N) is 1. The van der Waals surface area contributed by atoms with Crippen molar-refractivity contribution >= 4 is 26.7 Å². The van der Waals surface area contributed by atoms with Crippen molar-refractivity contribution in [3.05, 3.63) is 34.9 Å². The van der Waals surface area contributed by atoms with Gasteiger partial charge in [-0.25, -0.2) is 0 Å². The fourth-order valence-corrected chi connectivity index (χ4v) is 8.81. The predicted octanol–water partition coefficient (Wildman–Crippen LogP) is 5.02. The third-order valence-electron chi connectivity index (χ3n) is 4.63. The lowest BCUT2D eigenvalue weighted by Gasteiger charge is -2.38. The van der Waals surface area contributed by atoms with Crippen LogP contribution in [0.3, 0.4) is 0 Å². The van der Waals surface area contributed by atoms with Crippen LogP contribution in [0.4, 0.5) is 0 Å². The summed E-state index contributed by atoms with van der Waals surface area (Å²) in [7, 11) is -8.32. The number of rotatable bonds is 12. The number of Topliss-reactive ketones (excluding diaryl/α,β-unsaturated/α-hetero) is 1. The number of nitrogens with zero attached hydrogens (tertiary/aromatic N) is 1. The van der Waals surface area contributed by atoms with Gasteiger partial charge < -0.3 is 18.1 Å². The molecule has 1 aliphatic heterocycles. The van der Waals surface area contributed by atoms with Crippen molar-refractivity contribution in [1.29, 1.82) is 0 Å². The largest absolute Gasteiger partial charge is 0.370 e. The minimum Gasteiger partial charge on any atom is -0.307 e. The zero-order valence-electron chi connectivity index (χ0n) is 19.0. The summed E-state index contributed by atoms with van der Waals surface area (Å²) in [5.74, 6) is -0.375. The maximum Gasteiger partial charge on any atom is 0.370 e. The minimum atomic E-state index is -4.16. The number of carbonyl (C=O) groups is 1.